The molecule has 0 bridgehead atoms. The van der Waals surface area contributed by atoms with E-state index in [9.17, 15) is 28.8 Å². The Morgan fingerprint density at radius 3 is 2.03 bits per heavy atom. The van der Waals surface area contributed by atoms with Crippen LogP contribution in [0.25, 0.3) is 0 Å². The zero-order valence-corrected chi connectivity index (χ0v) is 21.2. The van der Waals surface area contributed by atoms with Crippen LogP contribution in [0.2, 0.25) is 0 Å². The van der Waals surface area contributed by atoms with Crippen molar-refractivity contribution in [2.24, 2.45) is 23.3 Å². The van der Waals surface area contributed by atoms with E-state index in [1.54, 1.807) is 27.7 Å². The third-order valence-electron chi connectivity index (χ3n) is 5.32. The lowest BCUT2D eigenvalue weighted by molar-refractivity contribution is -0.138. The molecule has 15 heteroatoms. The Labute approximate surface area is 213 Å². The Morgan fingerprint density at radius 1 is 0.919 bits per heavy atom. The number of primary amides is 1. The standard InChI is InChI=1S/C22H36N8O7/c1-10(2)17(24)21(36)30-18(11(3)4)22(37)29-13(5-12-7-25-9-27-12)20(35)28-14(6-15(23)31)19(34)26-8-16(32)33/h7,9-11,13-14,17-18H,5-6,8,24H2,1-4H3,(H2,23,31)(H,25,27)(H,26,34)(H,28,35)(H,29,37)(H,30,36)(H,32,33)/t13-,14-,17-,18-/m0/s1. The fourth-order valence-electron chi connectivity index (χ4n) is 3.14. The van der Waals surface area contributed by atoms with E-state index in [0.717, 1.165) is 0 Å². The number of carbonyl (C=O) groups excluding carboxylic acids is 5. The second-order valence-electron chi connectivity index (χ2n) is 9.17. The van der Waals surface area contributed by atoms with Gasteiger partial charge in [0.1, 0.15) is 24.7 Å². The maximum atomic E-state index is 13.1. The van der Waals surface area contributed by atoms with Gasteiger partial charge in [-0.3, -0.25) is 28.8 Å². The van der Waals surface area contributed by atoms with Crippen LogP contribution in [0.1, 0.15) is 39.8 Å². The highest BCUT2D eigenvalue weighted by Gasteiger charge is 2.33. The molecule has 0 saturated carbocycles. The molecule has 0 aromatic carbocycles. The maximum absolute atomic E-state index is 13.1. The molecule has 0 unspecified atom stereocenters. The average Bonchev–Trinajstić information content (AvgIpc) is 3.31. The number of aromatic amines is 1. The molecule has 0 radical (unpaired) electrons. The smallest absolute Gasteiger partial charge is 0.322 e. The second-order valence-corrected chi connectivity index (χ2v) is 9.17. The van der Waals surface area contributed by atoms with E-state index in [1.807, 2.05) is 0 Å². The fraction of sp³-hybridized carbons (Fsp3) is 0.591. The van der Waals surface area contributed by atoms with E-state index in [-0.39, 0.29) is 18.3 Å². The first-order chi connectivity index (χ1) is 17.2. The molecule has 206 valence electrons. The van der Waals surface area contributed by atoms with E-state index >= 15 is 0 Å². The molecule has 0 aliphatic carbocycles. The summed E-state index contributed by atoms with van der Waals surface area (Å²) < 4.78 is 0. The number of hydrogen-bond donors (Lipinski definition) is 8. The van der Waals surface area contributed by atoms with E-state index in [1.165, 1.54) is 12.5 Å². The summed E-state index contributed by atoms with van der Waals surface area (Å²) in [7, 11) is 0. The monoisotopic (exact) mass is 524 g/mol. The molecule has 10 N–H and O–H groups in total. The number of rotatable bonds is 15. The molecule has 0 spiro atoms. The summed E-state index contributed by atoms with van der Waals surface area (Å²) in [6, 6.07) is -4.66. The van der Waals surface area contributed by atoms with Crippen molar-refractivity contribution in [3.8, 4) is 0 Å². The number of hydrogen-bond acceptors (Lipinski definition) is 8. The summed E-state index contributed by atoms with van der Waals surface area (Å²) in [5.74, 6) is -5.83. The Morgan fingerprint density at radius 2 is 1.54 bits per heavy atom. The van der Waals surface area contributed by atoms with Crippen molar-refractivity contribution in [2.75, 3.05) is 6.54 Å². The number of carboxylic acids is 1. The molecular formula is C22H36N8O7. The highest BCUT2D eigenvalue weighted by Crippen LogP contribution is 2.07. The lowest BCUT2D eigenvalue weighted by Gasteiger charge is -2.27. The SMILES string of the molecule is CC(C)[C@H](N)C(=O)N[C@H](C(=O)N[C@@H](Cc1c[nH]cn1)C(=O)N[C@@H](CC(N)=O)C(=O)NCC(=O)O)C(C)C. The normalized spacial score (nSPS) is 14.2. The molecule has 0 saturated heterocycles. The number of carbonyl (C=O) groups is 6. The number of nitrogens with zero attached hydrogens (tertiary/aromatic N) is 1. The molecule has 37 heavy (non-hydrogen) atoms. The second kappa shape index (κ2) is 14.5. The van der Waals surface area contributed by atoms with Crippen molar-refractivity contribution in [2.45, 2.75) is 64.7 Å². The Balaban J connectivity index is 3.12. The lowest BCUT2D eigenvalue weighted by atomic mass is 9.99. The van der Waals surface area contributed by atoms with Crippen molar-refractivity contribution in [1.29, 1.82) is 0 Å². The fourth-order valence-corrected chi connectivity index (χ4v) is 3.14. The predicted molar refractivity (Wildman–Crippen MR) is 130 cm³/mol. The molecule has 1 aromatic heterocycles. The van der Waals surface area contributed by atoms with Crippen LogP contribution < -0.4 is 32.7 Å². The first-order valence-corrected chi connectivity index (χ1v) is 11.6. The number of carboxylic acid groups (broad SMARTS) is 1. The summed E-state index contributed by atoms with van der Waals surface area (Å²) in [6.07, 6.45) is 2.14. The number of nitrogens with one attached hydrogen (secondary N) is 5. The van der Waals surface area contributed by atoms with Gasteiger partial charge in [-0.1, -0.05) is 27.7 Å². The summed E-state index contributed by atoms with van der Waals surface area (Å²) in [5, 5.41) is 18.3. The molecule has 0 fully saturated rings. The van der Waals surface area contributed by atoms with Crippen molar-refractivity contribution in [3.63, 3.8) is 0 Å². The van der Waals surface area contributed by atoms with Gasteiger partial charge in [0.25, 0.3) is 0 Å². The Kier molecular flexibility index (Phi) is 12.2. The van der Waals surface area contributed by atoms with Crippen LogP contribution in [0, 0.1) is 11.8 Å². The zero-order chi connectivity index (χ0) is 28.3. The van der Waals surface area contributed by atoms with Gasteiger partial charge in [-0.25, -0.2) is 4.98 Å². The summed E-state index contributed by atoms with van der Waals surface area (Å²) in [4.78, 5) is 80.1. The molecule has 4 atom stereocenters. The Bertz CT molecular complexity index is 964. The molecule has 0 aliphatic heterocycles. The first kappa shape index (κ1) is 31.0. The van der Waals surface area contributed by atoms with Crippen molar-refractivity contribution in [3.05, 3.63) is 18.2 Å². The van der Waals surface area contributed by atoms with Gasteiger partial charge in [0.05, 0.1) is 24.5 Å². The molecule has 0 aliphatic rings. The van der Waals surface area contributed by atoms with Crippen LogP contribution in [0.3, 0.4) is 0 Å². The van der Waals surface area contributed by atoms with E-state index < -0.39 is 72.6 Å². The van der Waals surface area contributed by atoms with Crippen LogP contribution in [-0.4, -0.2) is 81.3 Å². The lowest BCUT2D eigenvalue weighted by Crippen LogP contribution is -2.60. The minimum Gasteiger partial charge on any atom is -0.480 e. The van der Waals surface area contributed by atoms with Crippen LogP contribution in [0.4, 0.5) is 0 Å². The quantitative estimate of drug-likeness (QED) is 0.117. The van der Waals surface area contributed by atoms with Crippen LogP contribution >= 0.6 is 0 Å². The number of imidazole rings is 1. The number of aliphatic carboxylic acids is 1. The van der Waals surface area contributed by atoms with Crippen molar-refractivity contribution < 1.29 is 33.9 Å². The van der Waals surface area contributed by atoms with E-state index in [4.69, 9.17) is 16.6 Å². The minimum absolute atomic E-state index is 0.106. The van der Waals surface area contributed by atoms with Gasteiger partial charge in [0.15, 0.2) is 0 Å². The van der Waals surface area contributed by atoms with Crippen LogP contribution in [0.15, 0.2) is 12.5 Å². The molecule has 15 nitrogen and oxygen atoms in total. The van der Waals surface area contributed by atoms with E-state index in [2.05, 4.69) is 31.2 Å². The molecule has 5 amide bonds. The van der Waals surface area contributed by atoms with Gasteiger partial charge >= 0.3 is 5.97 Å². The third kappa shape index (κ3) is 10.6. The largest absolute Gasteiger partial charge is 0.480 e. The number of aromatic nitrogens is 2. The number of amides is 5. The number of H-pyrrole nitrogens is 1. The third-order valence-corrected chi connectivity index (χ3v) is 5.32. The maximum Gasteiger partial charge on any atom is 0.322 e. The topological polar surface area (TPSA) is 251 Å². The summed E-state index contributed by atoms with van der Waals surface area (Å²) in [5.41, 5.74) is 11.5. The molecule has 1 heterocycles. The summed E-state index contributed by atoms with van der Waals surface area (Å²) >= 11 is 0. The van der Waals surface area contributed by atoms with Crippen molar-refractivity contribution >= 4 is 35.5 Å². The summed E-state index contributed by atoms with van der Waals surface area (Å²) in [6.45, 7) is 6.17. The molecular weight excluding hydrogens is 488 g/mol. The Hall–Kier alpha value is -4.01. The molecule has 1 rings (SSSR count). The van der Waals surface area contributed by atoms with Gasteiger partial charge in [0, 0.05) is 12.6 Å². The number of nitrogens with two attached hydrogens (primary N) is 2. The van der Waals surface area contributed by atoms with Crippen LogP contribution in [-0.2, 0) is 35.2 Å². The minimum atomic E-state index is -1.49. The first-order valence-electron chi connectivity index (χ1n) is 11.6. The highest BCUT2D eigenvalue weighted by atomic mass is 16.4. The van der Waals surface area contributed by atoms with E-state index in [0.29, 0.717) is 5.69 Å². The van der Waals surface area contributed by atoms with Gasteiger partial charge < -0.3 is 42.8 Å². The average molecular weight is 525 g/mol. The van der Waals surface area contributed by atoms with Gasteiger partial charge in [0.2, 0.25) is 29.5 Å². The predicted octanol–water partition coefficient (Wildman–Crippen LogP) is -2.88. The highest BCUT2D eigenvalue weighted by molar-refractivity contribution is 5.96. The van der Waals surface area contributed by atoms with Gasteiger partial charge in [-0.2, -0.15) is 0 Å². The van der Waals surface area contributed by atoms with Gasteiger partial charge in [-0.15, -0.1) is 0 Å². The van der Waals surface area contributed by atoms with Crippen molar-refractivity contribution in [1.82, 2.24) is 31.2 Å². The molecule has 1 aromatic rings. The zero-order valence-electron chi connectivity index (χ0n) is 21.2. The van der Waals surface area contributed by atoms with Gasteiger partial charge in [-0.05, 0) is 11.8 Å². The van der Waals surface area contributed by atoms with Crippen LogP contribution in [0.5, 0.6) is 0 Å².